The van der Waals surface area contributed by atoms with E-state index >= 15 is 0 Å². The lowest BCUT2D eigenvalue weighted by Gasteiger charge is -1.87. The number of aryl methyl sites for hydroxylation is 1. The number of hydrogen-bond acceptors (Lipinski definition) is 2. The van der Waals surface area contributed by atoms with Crippen LogP contribution in [0.5, 0.6) is 0 Å². The van der Waals surface area contributed by atoms with Gasteiger partial charge in [0.1, 0.15) is 6.26 Å². The average molecular weight is 125 g/mol. The molecule has 1 aromatic heterocycles. The van der Waals surface area contributed by atoms with Gasteiger partial charge in [0.25, 0.3) is 0 Å². The number of nitrogens with zero attached hydrogens (tertiary/aromatic N) is 1. The van der Waals surface area contributed by atoms with Crippen LogP contribution in [0.3, 0.4) is 0 Å². The first-order chi connectivity index (χ1) is 4.43. The van der Waals surface area contributed by atoms with Gasteiger partial charge in [0.05, 0.1) is 5.69 Å². The quantitative estimate of drug-likeness (QED) is 0.617. The predicted octanol–water partition coefficient (Wildman–Crippen LogP) is 2.02. The second kappa shape index (κ2) is 3.28. The molecule has 0 bridgehead atoms. The predicted molar refractivity (Wildman–Crippen MR) is 35.1 cm³/mol. The van der Waals surface area contributed by atoms with Crippen molar-refractivity contribution in [2.75, 3.05) is 0 Å². The van der Waals surface area contributed by atoms with Gasteiger partial charge in [-0.05, 0) is 12.8 Å². The molecule has 0 aliphatic carbocycles. The lowest BCUT2D eigenvalue weighted by molar-refractivity contribution is 0.410. The van der Waals surface area contributed by atoms with Crippen molar-refractivity contribution >= 4 is 0 Å². The summed E-state index contributed by atoms with van der Waals surface area (Å²) < 4.78 is 4.66. The van der Waals surface area contributed by atoms with Crippen LogP contribution < -0.4 is 0 Å². The van der Waals surface area contributed by atoms with E-state index in [4.69, 9.17) is 0 Å². The van der Waals surface area contributed by atoms with Gasteiger partial charge in [0.2, 0.25) is 0 Å². The maximum atomic E-state index is 4.66. The zero-order valence-corrected chi connectivity index (χ0v) is 5.63. The molecule has 0 aliphatic rings. The van der Waals surface area contributed by atoms with Crippen molar-refractivity contribution in [2.45, 2.75) is 26.2 Å². The first kappa shape index (κ1) is 6.33. The minimum atomic E-state index is 1.05. The Morgan fingerprint density at radius 3 is 3.11 bits per heavy atom. The van der Waals surface area contributed by atoms with Crippen LogP contribution in [0.25, 0.3) is 0 Å². The molecule has 1 aromatic rings. The first-order valence-corrected chi connectivity index (χ1v) is 3.32. The molecule has 0 amide bonds. The summed E-state index contributed by atoms with van der Waals surface area (Å²) in [5, 5.41) is 3.78. The van der Waals surface area contributed by atoms with Crippen molar-refractivity contribution in [3.8, 4) is 0 Å². The Labute approximate surface area is 54.9 Å². The van der Waals surface area contributed by atoms with Gasteiger partial charge in [-0.1, -0.05) is 18.5 Å². The van der Waals surface area contributed by atoms with E-state index in [0.717, 1.165) is 12.1 Å². The molecule has 2 nitrogen and oxygen atoms in total. The molecule has 0 saturated heterocycles. The third-order valence-electron chi connectivity index (χ3n) is 1.28. The van der Waals surface area contributed by atoms with Crippen LogP contribution >= 0.6 is 0 Å². The topological polar surface area (TPSA) is 26.0 Å². The molecule has 0 aliphatic heterocycles. The summed E-state index contributed by atoms with van der Waals surface area (Å²) in [5.74, 6) is 0. The second-order valence-electron chi connectivity index (χ2n) is 2.09. The summed E-state index contributed by atoms with van der Waals surface area (Å²) in [6.07, 6.45) is 5.08. The molecule has 0 fully saturated rings. The second-order valence-corrected chi connectivity index (χ2v) is 2.09. The fourth-order valence-corrected chi connectivity index (χ4v) is 0.724. The fraction of sp³-hybridized carbons (Fsp3) is 0.571. The Bertz CT molecular complexity index is 146. The Morgan fingerprint density at radius 2 is 2.56 bits per heavy atom. The van der Waals surface area contributed by atoms with Gasteiger partial charge in [-0.2, -0.15) is 0 Å². The summed E-state index contributed by atoms with van der Waals surface area (Å²) in [5.41, 5.74) is 1.07. The molecule has 0 saturated carbocycles. The standard InChI is InChI=1S/C7H11NO/c1-2-3-4-7-5-6-9-8-7/h5-6H,2-4H2,1H3. The van der Waals surface area contributed by atoms with E-state index in [9.17, 15) is 0 Å². The van der Waals surface area contributed by atoms with Crippen LogP contribution in [0.2, 0.25) is 0 Å². The molecule has 9 heavy (non-hydrogen) atoms. The third-order valence-corrected chi connectivity index (χ3v) is 1.28. The normalized spacial score (nSPS) is 9.89. The Kier molecular flexibility index (Phi) is 2.31. The summed E-state index contributed by atoms with van der Waals surface area (Å²) in [6, 6.07) is 1.91. The van der Waals surface area contributed by atoms with Gasteiger partial charge in [-0.25, -0.2) is 0 Å². The SMILES string of the molecule is CCCCc1ccon1. The molecule has 1 heterocycles. The molecule has 0 unspecified atom stereocenters. The van der Waals surface area contributed by atoms with Crippen LogP contribution in [-0.4, -0.2) is 5.16 Å². The van der Waals surface area contributed by atoms with Crippen molar-refractivity contribution in [3.63, 3.8) is 0 Å². The molecule has 50 valence electrons. The van der Waals surface area contributed by atoms with Crippen molar-refractivity contribution in [1.29, 1.82) is 0 Å². The Morgan fingerprint density at radius 1 is 1.67 bits per heavy atom. The van der Waals surface area contributed by atoms with E-state index < -0.39 is 0 Å². The van der Waals surface area contributed by atoms with Gasteiger partial charge in [0.15, 0.2) is 0 Å². The van der Waals surface area contributed by atoms with Gasteiger partial charge in [0, 0.05) is 6.07 Å². The van der Waals surface area contributed by atoms with Gasteiger partial charge in [-0.15, -0.1) is 0 Å². The molecule has 1 rings (SSSR count). The largest absolute Gasteiger partial charge is 0.365 e. The monoisotopic (exact) mass is 125 g/mol. The minimum absolute atomic E-state index is 1.05. The molecule has 0 radical (unpaired) electrons. The van der Waals surface area contributed by atoms with Gasteiger partial charge < -0.3 is 4.52 Å². The number of aromatic nitrogens is 1. The highest BCUT2D eigenvalue weighted by molar-refractivity contribution is 4.94. The van der Waals surface area contributed by atoms with E-state index in [0.29, 0.717) is 0 Å². The number of unbranched alkanes of at least 4 members (excludes halogenated alkanes) is 1. The van der Waals surface area contributed by atoms with E-state index in [-0.39, 0.29) is 0 Å². The first-order valence-electron chi connectivity index (χ1n) is 3.32. The fourth-order valence-electron chi connectivity index (χ4n) is 0.724. The van der Waals surface area contributed by atoms with Crippen LogP contribution in [0.15, 0.2) is 16.9 Å². The van der Waals surface area contributed by atoms with Crippen molar-refractivity contribution in [1.82, 2.24) is 5.16 Å². The molecular formula is C7H11NO. The Balaban J connectivity index is 2.30. The van der Waals surface area contributed by atoms with Crippen molar-refractivity contribution in [3.05, 3.63) is 18.0 Å². The zero-order chi connectivity index (χ0) is 6.53. The molecule has 0 atom stereocenters. The molecular weight excluding hydrogens is 114 g/mol. The molecule has 0 N–H and O–H groups in total. The van der Waals surface area contributed by atoms with Gasteiger partial charge >= 0.3 is 0 Å². The third kappa shape index (κ3) is 1.88. The lowest BCUT2D eigenvalue weighted by atomic mass is 10.2. The maximum absolute atomic E-state index is 4.66. The minimum Gasteiger partial charge on any atom is -0.365 e. The molecule has 2 heteroatoms. The summed E-state index contributed by atoms with van der Waals surface area (Å²) in [4.78, 5) is 0. The highest BCUT2D eigenvalue weighted by Gasteiger charge is 1.92. The molecule has 0 aromatic carbocycles. The van der Waals surface area contributed by atoms with E-state index in [2.05, 4.69) is 16.6 Å². The van der Waals surface area contributed by atoms with E-state index in [1.807, 2.05) is 6.07 Å². The zero-order valence-electron chi connectivity index (χ0n) is 5.63. The van der Waals surface area contributed by atoms with Crippen LogP contribution in [0.4, 0.5) is 0 Å². The van der Waals surface area contributed by atoms with Crippen LogP contribution in [0.1, 0.15) is 25.5 Å². The van der Waals surface area contributed by atoms with E-state index in [1.165, 1.54) is 12.8 Å². The maximum Gasteiger partial charge on any atom is 0.124 e. The summed E-state index contributed by atoms with van der Waals surface area (Å²) in [7, 11) is 0. The molecule has 0 spiro atoms. The summed E-state index contributed by atoms with van der Waals surface area (Å²) in [6.45, 7) is 2.17. The average Bonchev–Trinajstić information content (AvgIpc) is 2.34. The lowest BCUT2D eigenvalue weighted by Crippen LogP contribution is -1.81. The number of rotatable bonds is 3. The number of hydrogen-bond donors (Lipinski definition) is 0. The highest BCUT2D eigenvalue weighted by Crippen LogP contribution is 2.00. The summed E-state index contributed by atoms with van der Waals surface area (Å²) >= 11 is 0. The van der Waals surface area contributed by atoms with Crippen LogP contribution in [-0.2, 0) is 6.42 Å². The van der Waals surface area contributed by atoms with Gasteiger partial charge in [-0.3, -0.25) is 0 Å². The van der Waals surface area contributed by atoms with Crippen molar-refractivity contribution < 1.29 is 4.52 Å². The Hall–Kier alpha value is -0.790. The smallest absolute Gasteiger partial charge is 0.124 e. The highest BCUT2D eigenvalue weighted by atomic mass is 16.5. The van der Waals surface area contributed by atoms with Crippen LogP contribution in [0, 0.1) is 0 Å². The van der Waals surface area contributed by atoms with Crippen molar-refractivity contribution in [2.24, 2.45) is 0 Å². The van der Waals surface area contributed by atoms with E-state index in [1.54, 1.807) is 6.26 Å².